The maximum absolute atomic E-state index is 9.85. The van der Waals surface area contributed by atoms with E-state index in [-0.39, 0.29) is 0 Å². The van der Waals surface area contributed by atoms with E-state index >= 15 is 0 Å². The fourth-order valence-corrected chi connectivity index (χ4v) is 2.88. The molecule has 0 amide bonds. The molecule has 2 rings (SSSR count). The van der Waals surface area contributed by atoms with Crippen molar-refractivity contribution in [3.8, 4) is 0 Å². The van der Waals surface area contributed by atoms with Crippen LogP contribution in [0.3, 0.4) is 0 Å². The normalized spacial score (nSPS) is 36.6. The van der Waals surface area contributed by atoms with E-state index in [4.69, 9.17) is 9.84 Å². The minimum absolute atomic E-state index is 0.406. The van der Waals surface area contributed by atoms with Gasteiger partial charge in [0.15, 0.2) is 0 Å². The molecule has 0 saturated carbocycles. The maximum atomic E-state index is 9.85. The summed E-state index contributed by atoms with van der Waals surface area (Å²) in [6, 6.07) is 9.29. The average molecular weight is 272 g/mol. The van der Waals surface area contributed by atoms with Crippen LogP contribution < -0.4 is 0 Å². The van der Waals surface area contributed by atoms with Gasteiger partial charge in [0, 0.05) is 4.90 Å². The summed E-state index contributed by atoms with van der Waals surface area (Å²) >= 11 is 1.24. The first-order chi connectivity index (χ1) is 8.63. The second-order valence-electron chi connectivity index (χ2n) is 4.13. The zero-order valence-corrected chi connectivity index (χ0v) is 10.4. The number of hydrogen-bond acceptors (Lipinski definition) is 6. The first-order valence-electron chi connectivity index (χ1n) is 5.65. The Morgan fingerprint density at radius 3 is 2.28 bits per heavy atom. The molecular weight excluding hydrogens is 256 g/mol. The molecule has 1 aliphatic heterocycles. The van der Waals surface area contributed by atoms with Crippen molar-refractivity contribution in [2.75, 3.05) is 6.61 Å². The second-order valence-corrected chi connectivity index (χ2v) is 5.30. The van der Waals surface area contributed by atoms with Gasteiger partial charge in [-0.05, 0) is 12.1 Å². The van der Waals surface area contributed by atoms with Crippen LogP contribution in [-0.2, 0) is 4.74 Å². The Morgan fingerprint density at radius 2 is 1.67 bits per heavy atom. The summed E-state index contributed by atoms with van der Waals surface area (Å²) in [5, 5.41) is 38.2. The standard InChI is InChI=1S/C12H16O5S/c13-6-8-9(14)10(15)11(16)12(17-8)18-7-4-2-1-3-5-7/h1-5,8-16H,6H2/t8-,9+,10-,11+,12+/m1/s1. The van der Waals surface area contributed by atoms with Crippen LogP contribution in [0.2, 0.25) is 0 Å². The number of aliphatic hydroxyl groups excluding tert-OH is 4. The lowest BCUT2D eigenvalue weighted by atomic mass is 10.0. The van der Waals surface area contributed by atoms with Crippen molar-refractivity contribution in [3.05, 3.63) is 30.3 Å². The van der Waals surface area contributed by atoms with Crippen molar-refractivity contribution in [2.24, 2.45) is 0 Å². The molecule has 100 valence electrons. The van der Waals surface area contributed by atoms with Crippen molar-refractivity contribution in [1.82, 2.24) is 0 Å². The van der Waals surface area contributed by atoms with E-state index in [9.17, 15) is 15.3 Å². The molecule has 0 radical (unpaired) electrons. The summed E-state index contributed by atoms with van der Waals surface area (Å²) < 4.78 is 5.39. The van der Waals surface area contributed by atoms with Crippen LogP contribution in [0.4, 0.5) is 0 Å². The van der Waals surface area contributed by atoms with Gasteiger partial charge < -0.3 is 25.2 Å². The van der Waals surface area contributed by atoms with Crippen LogP contribution in [0, 0.1) is 0 Å². The minimum Gasteiger partial charge on any atom is -0.394 e. The van der Waals surface area contributed by atoms with Gasteiger partial charge in [0.25, 0.3) is 0 Å². The molecule has 18 heavy (non-hydrogen) atoms. The van der Waals surface area contributed by atoms with Crippen LogP contribution in [0.5, 0.6) is 0 Å². The number of aliphatic hydroxyl groups is 4. The van der Waals surface area contributed by atoms with Gasteiger partial charge in [0.2, 0.25) is 0 Å². The highest BCUT2D eigenvalue weighted by Crippen LogP contribution is 2.32. The molecule has 1 aliphatic rings. The van der Waals surface area contributed by atoms with Crippen molar-refractivity contribution in [1.29, 1.82) is 0 Å². The smallest absolute Gasteiger partial charge is 0.136 e. The number of ether oxygens (including phenoxy) is 1. The number of hydrogen-bond donors (Lipinski definition) is 4. The quantitative estimate of drug-likeness (QED) is 0.597. The van der Waals surface area contributed by atoms with E-state index in [0.29, 0.717) is 0 Å². The minimum atomic E-state index is -1.32. The average Bonchev–Trinajstić information content (AvgIpc) is 2.40. The fraction of sp³-hybridized carbons (Fsp3) is 0.500. The molecule has 0 unspecified atom stereocenters. The van der Waals surface area contributed by atoms with Gasteiger partial charge in [-0.3, -0.25) is 0 Å². The third kappa shape index (κ3) is 2.85. The highest BCUT2D eigenvalue weighted by atomic mass is 32.2. The molecule has 1 aromatic carbocycles. The largest absolute Gasteiger partial charge is 0.394 e. The lowest BCUT2D eigenvalue weighted by Gasteiger charge is -2.39. The van der Waals surface area contributed by atoms with Crippen LogP contribution in [0.25, 0.3) is 0 Å². The summed E-state index contributed by atoms with van der Waals surface area (Å²) in [4.78, 5) is 0.877. The van der Waals surface area contributed by atoms with Gasteiger partial charge in [-0.1, -0.05) is 30.0 Å². The predicted octanol–water partition coefficient (Wildman–Crippen LogP) is -0.421. The lowest BCUT2D eigenvalue weighted by molar-refractivity contribution is -0.205. The van der Waals surface area contributed by atoms with Gasteiger partial charge in [0.05, 0.1) is 6.61 Å². The zero-order chi connectivity index (χ0) is 13.1. The van der Waals surface area contributed by atoms with E-state index in [2.05, 4.69) is 0 Å². The van der Waals surface area contributed by atoms with E-state index in [0.717, 1.165) is 4.90 Å². The van der Waals surface area contributed by atoms with Gasteiger partial charge in [0.1, 0.15) is 29.9 Å². The van der Waals surface area contributed by atoms with Crippen LogP contribution in [-0.4, -0.2) is 56.9 Å². The molecular formula is C12H16O5S. The Morgan fingerprint density at radius 1 is 1.00 bits per heavy atom. The van der Waals surface area contributed by atoms with Crippen LogP contribution in [0.1, 0.15) is 0 Å². The Bertz CT molecular complexity index is 372. The molecule has 1 heterocycles. The van der Waals surface area contributed by atoms with E-state index < -0.39 is 36.5 Å². The molecule has 0 bridgehead atoms. The van der Waals surface area contributed by atoms with Gasteiger partial charge in [-0.15, -0.1) is 0 Å². The Hall–Kier alpha value is -0.630. The first kappa shape index (κ1) is 13.8. The number of benzene rings is 1. The molecule has 0 aliphatic carbocycles. The third-order valence-electron chi connectivity index (χ3n) is 2.84. The van der Waals surface area contributed by atoms with Crippen molar-refractivity contribution >= 4 is 11.8 Å². The molecule has 0 aromatic heterocycles. The predicted molar refractivity (Wildman–Crippen MR) is 66.1 cm³/mol. The topological polar surface area (TPSA) is 90.2 Å². The van der Waals surface area contributed by atoms with Crippen LogP contribution >= 0.6 is 11.8 Å². The summed E-state index contributed by atoms with van der Waals surface area (Å²) in [5.41, 5.74) is -0.719. The van der Waals surface area contributed by atoms with E-state index in [1.807, 2.05) is 30.3 Å². The molecule has 0 spiro atoms. The summed E-state index contributed by atoms with van der Waals surface area (Å²) in [6.07, 6.45) is -4.69. The first-order valence-corrected chi connectivity index (χ1v) is 6.53. The Labute approximate surface area is 109 Å². The molecule has 1 saturated heterocycles. The molecule has 4 N–H and O–H groups in total. The zero-order valence-electron chi connectivity index (χ0n) is 9.59. The SMILES string of the molecule is OC[C@H]1O[C@@H](Sc2ccccc2)[C@@H](O)[C@H](O)[C@H]1O. The monoisotopic (exact) mass is 272 g/mol. The fourth-order valence-electron chi connectivity index (χ4n) is 1.80. The van der Waals surface area contributed by atoms with Crippen LogP contribution in [0.15, 0.2) is 35.2 Å². The molecule has 6 heteroatoms. The second kappa shape index (κ2) is 6.01. The highest BCUT2D eigenvalue weighted by molar-refractivity contribution is 7.99. The lowest BCUT2D eigenvalue weighted by Crippen LogP contribution is -2.57. The van der Waals surface area contributed by atoms with E-state index in [1.54, 1.807) is 0 Å². The summed E-state index contributed by atoms with van der Waals surface area (Å²) in [5.74, 6) is 0. The Kier molecular flexibility index (Phi) is 4.60. The van der Waals surface area contributed by atoms with Crippen molar-refractivity contribution < 1.29 is 25.2 Å². The Balaban J connectivity index is 2.08. The van der Waals surface area contributed by atoms with Crippen molar-refractivity contribution in [3.63, 3.8) is 0 Å². The van der Waals surface area contributed by atoms with Gasteiger partial charge in [-0.2, -0.15) is 0 Å². The van der Waals surface area contributed by atoms with Gasteiger partial charge >= 0.3 is 0 Å². The molecule has 5 atom stereocenters. The summed E-state index contributed by atoms with van der Waals surface area (Å²) in [7, 11) is 0. The van der Waals surface area contributed by atoms with Crippen molar-refractivity contribution in [2.45, 2.75) is 34.7 Å². The maximum Gasteiger partial charge on any atom is 0.136 e. The molecule has 5 nitrogen and oxygen atoms in total. The summed E-state index contributed by atoms with van der Waals surface area (Å²) in [6.45, 7) is -0.406. The molecule has 1 aromatic rings. The van der Waals surface area contributed by atoms with E-state index in [1.165, 1.54) is 11.8 Å². The molecule has 1 fully saturated rings. The van der Waals surface area contributed by atoms with Gasteiger partial charge in [-0.25, -0.2) is 0 Å². The number of rotatable bonds is 3. The third-order valence-corrected chi connectivity index (χ3v) is 4.01. The highest BCUT2D eigenvalue weighted by Gasteiger charge is 2.43. The number of thioether (sulfide) groups is 1.